The van der Waals surface area contributed by atoms with Crippen molar-refractivity contribution in [3.8, 4) is 0 Å². The van der Waals surface area contributed by atoms with Crippen LogP contribution in [0.2, 0.25) is 0 Å². The van der Waals surface area contributed by atoms with E-state index in [2.05, 4.69) is 27.3 Å². The minimum absolute atomic E-state index is 0.0440. The van der Waals surface area contributed by atoms with E-state index in [1.54, 1.807) is 12.1 Å². The predicted octanol–water partition coefficient (Wildman–Crippen LogP) is 2.18. The highest BCUT2D eigenvalue weighted by Gasteiger charge is 2.23. The second-order valence-corrected chi connectivity index (χ2v) is 7.11. The van der Waals surface area contributed by atoms with Crippen LogP contribution < -0.4 is 5.32 Å². The second-order valence-electron chi connectivity index (χ2n) is 7.11. The van der Waals surface area contributed by atoms with E-state index in [9.17, 15) is 9.59 Å². The van der Waals surface area contributed by atoms with E-state index in [0.717, 1.165) is 19.6 Å². The molecule has 1 aliphatic rings. The molecule has 6 heteroatoms. The largest absolute Gasteiger partial charge is 0.350 e. The highest BCUT2D eigenvalue weighted by Crippen LogP contribution is 2.12. The van der Waals surface area contributed by atoms with Crippen LogP contribution in [0.25, 0.3) is 0 Å². The van der Waals surface area contributed by atoms with Crippen molar-refractivity contribution < 1.29 is 9.59 Å². The van der Waals surface area contributed by atoms with E-state index in [1.807, 2.05) is 36.9 Å². The van der Waals surface area contributed by atoms with Crippen molar-refractivity contribution in [1.82, 2.24) is 20.1 Å². The number of piperazine rings is 1. The Morgan fingerprint density at radius 2 is 1.78 bits per heavy atom. The Morgan fingerprint density at radius 3 is 2.44 bits per heavy atom. The van der Waals surface area contributed by atoms with Gasteiger partial charge in [0.25, 0.3) is 11.8 Å². The Morgan fingerprint density at radius 1 is 1.07 bits per heavy atom. The molecule has 3 rings (SSSR count). The minimum Gasteiger partial charge on any atom is -0.350 e. The van der Waals surface area contributed by atoms with Crippen molar-refractivity contribution in [3.63, 3.8) is 0 Å². The number of hydrogen-bond acceptors (Lipinski definition) is 4. The number of nitrogens with zero attached hydrogens (tertiary/aromatic N) is 3. The van der Waals surface area contributed by atoms with Gasteiger partial charge in [-0.25, -0.2) is 0 Å². The van der Waals surface area contributed by atoms with Gasteiger partial charge in [0.2, 0.25) is 0 Å². The average molecular weight is 366 g/mol. The quantitative estimate of drug-likeness (QED) is 0.881. The first kappa shape index (κ1) is 19.0. The molecule has 0 unspecified atom stereocenters. The zero-order valence-electron chi connectivity index (χ0n) is 15.9. The van der Waals surface area contributed by atoms with Gasteiger partial charge in [-0.1, -0.05) is 30.3 Å². The summed E-state index contributed by atoms with van der Waals surface area (Å²) >= 11 is 0. The zero-order chi connectivity index (χ0) is 19.2. The van der Waals surface area contributed by atoms with Crippen molar-refractivity contribution >= 4 is 11.8 Å². The number of carbonyl (C=O) groups excluding carboxylic acids is 2. The molecule has 1 fully saturated rings. The summed E-state index contributed by atoms with van der Waals surface area (Å²) in [6.07, 6.45) is 1.52. The lowest BCUT2D eigenvalue weighted by Gasteiger charge is -2.34. The Kier molecular flexibility index (Phi) is 6.19. The van der Waals surface area contributed by atoms with Gasteiger partial charge in [0.15, 0.2) is 0 Å². The number of nitrogens with one attached hydrogen (secondary N) is 1. The van der Waals surface area contributed by atoms with Crippen molar-refractivity contribution in [2.24, 2.45) is 0 Å². The van der Waals surface area contributed by atoms with E-state index in [0.29, 0.717) is 24.3 Å². The van der Waals surface area contributed by atoms with Crippen molar-refractivity contribution in [1.29, 1.82) is 0 Å². The van der Waals surface area contributed by atoms with Gasteiger partial charge in [-0.05, 0) is 31.5 Å². The zero-order valence-corrected chi connectivity index (χ0v) is 15.9. The van der Waals surface area contributed by atoms with Crippen LogP contribution in [0.1, 0.15) is 40.3 Å². The number of rotatable bonds is 5. The summed E-state index contributed by atoms with van der Waals surface area (Å²) in [5, 5.41) is 2.84. The maximum Gasteiger partial charge on any atom is 0.272 e. The highest BCUT2D eigenvalue weighted by molar-refractivity contribution is 5.98. The molecule has 0 aliphatic carbocycles. The molecule has 2 amide bonds. The summed E-state index contributed by atoms with van der Waals surface area (Å²) in [6, 6.07) is 13.6. The van der Waals surface area contributed by atoms with Crippen LogP contribution in [0.3, 0.4) is 0 Å². The molecule has 0 saturated carbocycles. The molecule has 27 heavy (non-hydrogen) atoms. The number of benzene rings is 1. The smallest absolute Gasteiger partial charge is 0.272 e. The maximum atomic E-state index is 12.8. The summed E-state index contributed by atoms with van der Waals surface area (Å²) in [4.78, 5) is 33.3. The lowest BCUT2D eigenvalue weighted by atomic mass is 10.1. The molecular formula is C21H26N4O2. The third-order valence-electron chi connectivity index (χ3n) is 4.57. The predicted molar refractivity (Wildman–Crippen MR) is 104 cm³/mol. The number of aromatic nitrogens is 1. The SMILES string of the molecule is CC(C)NC(=O)c1ccnc(C(=O)N2CCN(Cc3ccccc3)CC2)c1. The molecule has 6 nitrogen and oxygen atoms in total. The third-order valence-corrected chi connectivity index (χ3v) is 4.57. The third kappa shape index (κ3) is 5.14. The number of amides is 2. The molecule has 0 spiro atoms. The van der Waals surface area contributed by atoms with Gasteiger partial charge in [-0.15, -0.1) is 0 Å². The van der Waals surface area contributed by atoms with Crippen LogP contribution in [0.5, 0.6) is 0 Å². The molecule has 0 radical (unpaired) electrons. The fourth-order valence-corrected chi connectivity index (χ4v) is 3.15. The Bertz CT molecular complexity index is 784. The molecule has 0 atom stereocenters. The minimum atomic E-state index is -0.186. The Balaban J connectivity index is 1.58. The van der Waals surface area contributed by atoms with Crippen molar-refractivity contribution in [2.75, 3.05) is 26.2 Å². The maximum absolute atomic E-state index is 12.8. The molecule has 1 aromatic heterocycles. The number of pyridine rings is 1. The number of carbonyl (C=O) groups is 2. The van der Waals surface area contributed by atoms with Crippen LogP contribution >= 0.6 is 0 Å². The van der Waals surface area contributed by atoms with Crippen molar-refractivity contribution in [2.45, 2.75) is 26.4 Å². The molecule has 1 N–H and O–H groups in total. The van der Waals surface area contributed by atoms with Crippen LogP contribution in [0, 0.1) is 0 Å². The standard InChI is InChI=1S/C21H26N4O2/c1-16(2)23-20(26)18-8-9-22-19(14-18)21(27)25-12-10-24(11-13-25)15-17-6-4-3-5-7-17/h3-9,14,16H,10-13,15H2,1-2H3,(H,23,26). The van der Waals surface area contributed by atoms with Gasteiger partial charge in [0, 0.05) is 50.5 Å². The molecule has 1 aromatic carbocycles. The summed E-state index contributed by atoms with van der Waals surface area (Å²) < 4.78 is 0. The molecule has 2 aromatic rings. The van der Waals surface area contributed by atoms with Gasteiger partial charge in [-0.2, -0.15) is 0 Å². The van der Waals surface area contributed by atoms with Crippen LogP contribution in [-0.4, -0.2) is 58.8 Å². The lowest BCUT2D eigenvalue weighted by molar-refractivity contribution is 0.0622. The molecule has 1 aliphatic heterocycles. The summed E-state index contributed by atoms with van der Waals surface area (Å²) in [5.41, 5.74) is 2.07. The molecule has 2 heterocycles. The van der Waals surface area contributed by atoms with E-state index < -0.39 is 0 Å². The van der Waals surface area contributed by atoms with E-state index in [4.69, 9.17) is 0 Å². The summed E-state index contributed by atoms with van der Waals surface area (Å²) in [5.74, 6) is -0.303. The van der Waals surface area contributed by atoms with Gasteiger partial charge in [-0.3, -0.25) is 19.5 Å². The van der Waals surface area contributed by atoms with Gasteiger partial charge < -0.3 is 10.2 Å². The number of hydrogen-bond donors (Lipinski definition) is 1. The first-order valence-electron chi connectivity index (χ1n) is 9.35. The molecule has 1 saturated heterocycles. The highest BCUT2D eigenvalue weighted by atomic mass is 16.2. The lowest BCUT2D eigenvalue weighted by Crippen LogP contribution is -2.48. The summed E-state index contributed by atoms with van der Waals surface area (Å²) in [7, 11) is 0. The van der Waals surface area contributed by atoms with Crippen molar-refractivity contribution in [3.05, 3.63) is 65.5 Å². The Labute approximate surface area is 160 Å². The average Bonchev–Trinajstić information content (AvgIpc) is 2.68. The first-order valence-corrected chi connectivity index (χ1v) is 9.35. The first-order chi connectivity index (χ1) is 13.0. The van der Waals surface area contributed by atoms with E-state index in [1.165, 1.54) is 11.8 Å². The van der Waals surface area contributed by atoms with Gasteiger partial charge in [0.05, 0.1) is 0 Å². The molecule has 142 valence electrons. The fraction of sp³-hybridized carbons (Fsp3) is 0.381. The topological polar surface area (TPSA) is 65.5 Å². The van der Waals surface area contributed by atoms with Crippen LogP contribution in [-0.2, 0) is 6.54 Å². The fourth-order valence-electron chi connectivity index (χ4n) is 3.15. The van der Waals surface area contributed by atoms with Crippen LogP contribution in [0.15, 0.2) is 48.7 Å². The van der Waals surface area contributed by atoms with E-state index in [-0.39, 0.29) is 17.9 Å². The van der Waals surface area contributed by atoms with Crippen LogP contribution in [0.4, 0.5) is 0 Å². The molecular weight excluding hydrogens is 340 g/mol. The molecule has 0 bridgehead atoms. The second kappa shape index (κ2) is 8.77. The Hall–Kier alpha value is -2.73. The van der Waals surface area contributed by atoms with Gasteiger partial charge in [0.1, 0.15) is 5.69 Å². The monoisotopic (exact) mass is 366 g/mol. The van der Waals surface area contributed by atoms with E-state index >= 15 is 0 Å². The normalized spacial score (nSPS) is 15.0. The summed E-state index contributed by atoms with van der Waals surface area (Å²) in [6.45, 7) is 7.68. The van der Waals surface area contributed by atoms with Gasteiger partial charge >= 0.3 is 0 Å².